The molecule has 1 aliphatic rings. The van der Waals surface area contributed by atoms with E-state index in [9.17, 15) is 9.90 Å². The molecule has 1 aliphatic carbocycles. The lowest BCUT2D eigenvalue weighted by Crippen LogP contribution is -2.35. The maximum atomic E-state index is 11.8. The fraction of sp³-hybridized carbons (Fsp3) is 0.636. The highest BCUT2D eigenvalue weighted by Gasteiger charge is 2.31. The molecule has 1 aromatic heterocycles. The lowest BCUT2D eigenvalue weighted by molar-refractivity contribution is 0.0636. The number of rotatable bonds is 4. The van der Waals surface area contributed by atoms with Gasteiger partial charge in [-0.25, -0.2) is 0 Å². The van der Waals surface area contributed by atoms with Gasteiger partial charge in [0, 0.05) is 19.7 Å². The van der Waals surface area contributed by atoms with Gasteiger partial charge >= 0.3 is 0 Å². The van der Waals surface area contributed by atoms with E-state index in [0.717, 1.165) is 12.8 Å². The maximum Gasteiger partial charge on any atom is 0.275 e. The number of likely N-dealkylation sites (N-methyl/N-ethyl adjacent to an activating group) is 1. The van der Waals surface area contributed by atoms with Crippen LogP contribution in [0.15, 0.2) is 10.6 Å². The van der Waals surface area contributed by atoms with E-state index in [2.05, 4.69) is 5.16 Å². The second-order valence-electron chi connectivity index (χ2n) is 4.41. The normalized spacial score (nSPS) is 17.2. The SMILES string of the molecule is Cc1cc(C(=O)N(C)CC(O)C2CC2)no1. The van der Waals surface area contributed by atoms with Crippen LogP contribution >= 0.6 is 0 Å². The summed E-state index contributed by atoms with van der Waals surface area (Å²) in [7, 11) is 1.66. The molecule has 1 saturated carbocycles. The van der Waals surface area contributed by atoms with Crippen LogP contribution in [0.4, 0.5) is 0 Å². The summed E-state index contributed by atoms with van der Waals surface area (Å²) in [6, 6.07) is 1.60. The first-order valence-corrected chi connectivity index (χ1v) is 5.45. The third-order valence-electron chi connectivity index (χ3n) is 2.82. The number of carbonyl (C=O) groups is 1. The van der Waals surface area contributed by atoms with E-state index in [1.54, 1.807) is 20.0 Å². The van der Waals surface area contributed by atoms with E-state index in [4.69, 9.17) is 4.52 Å². The molecule has 0 saturated heterocycles. The Morgan fingerprint density at radius 1 is 1.75 bits per heavy atom. The maximum absolute atomic E-state index is 11.8. The van der Waals surface area contributed by atoms with E-state index >= 15 is 0 Å². The Morgan fingerprint density at radius 3 is 2.94 bits per heavy atom. The van der Waals surface area contributed by atoms with Gasteiger partial charge in [0.2, 0.25) is 0 Å². The van der Waals surface area contributed by atoms with Crippen molar-refractivity contribution in [2.45, 2.75) is 25.9 Å². The third-order valence-corrected chi connectivity index (χ3v) is 2.82. The quantitative estimate of drug-likeness (QED) is 0.822. The molecular weight excluding hydrogens is 208 g/mol. The van der Waals surface area contributed by atoms with Crippen LogP contribution in [0.2, 0.25) is 0 Å². The van der Waals surface area contributed by atoms with Gasteiger partial charge in [-0.15, -0.1) is 0 Å². The number of hydrogen-bond donors (Lipinski definition) is 1. The Kier molecular flexibility index (Phi) is 2.96. The van der Waals surface area contributed by atoms with Gasteiger partial charge in [0.25, 0.3) is 5.91 Å². The summed E-state index contributed by atoms with van der Waals surface area (Å²) >= 11 is 0. The van der Waals surface area contributed by atoms with Crippen molar-refractivity contribution in [1.29, 1.82) is 0 Å². The molecule has 0 aliphatic heterocycles. The topological polar surface area (TPSA) is 66.6 Å². The number of hydrogen-bond acceptors (Lipinski definition) is 4. The highest BCUT2D eigenvalue weighted by Crippen LogP contribution is 2.32. The molecule has 0 spiro atoms. The van der Waals surface area contributed by atoms with E-state index in [1.807, 2.05) is 0 Å². The Labute approximate surface area is 94.0 Å². The minimum atomic E-state index is -0.415. The molecule has 1 fully saturated rings. The Morgan fingerprint density at radius 2 is 2.44 bits per heavy atom. The molecule has 0 radical (unpaired) electrons. The first-order valence-electron chi connectivity index (χ1n) is 5.45. The molecule has 16 heavy (non-hydrogen) atoms. The Balaban J connectivity index is 1.93. The van der Waals surface area contributed by atoms with Crippen LogP contribution in [0.5, 0.6) is 0 Å². The molecule has 5 nitrogen and oxygen atoms in total. The molecule has 2 rings (SSSR count). The van der Waals surface area contributed by atoms with Gasteiger partial charge in [0.15, 0.2) is 5.69 Å². The standard InChI is InChI=1S/C11H16N2O3/c1-7-5-9(12-16-7)11(15)13(2)6-10(14)8-3-4-8/h5,8,10,14H,3-4,6H2,1-2H3. The van der Waals surface area contributed by atoms with Crippen LogP contribution in [0.1, 0.15) is 29.1 Å². The lowest BCUT2D eigenvalue weighted by Gasteiger charge is -2.19. The molecule has 88 valence electrons. The second kappa shape index (κ2) is 4.25. The average molecular weight is 224 g/mol. The molecule has 0 aromatic carbocycles. The van der Waals surface area contributed by atoms with Crippen molar-refractivity contribution in [1.82, 2.24) is 10.1 Å². The summed E-state index contributed by atoms with van der Waals surface area (Å²) in [6.07, 6.45) is 1.71. The molecule has 1 amide bonds. The van der Waals surface area contributed by atoms with Crippen molar-refractivity contribution >= 4 is 5.91 Å². The van der Waals surface area contributed by atoms with Crippen molar-refractivity contribution < 1.29 is 14.4 Å². The largest absolute Gasteiger partial charge is 0.391 e. The highest BCUT2D eigenvalue weighted by molar-refractivity contribution is 5.92. The first kappa shape index (κ1) is 11.1. The van der Waals surface area contributed by atoms with Gasteiger partial charge in [-0.05, 0) is 25.7 Å². The van der Waals surface area contributed by atoms with E-state index in [0.29, 0.717) is 23.9 Å². The van der Waals surface area contributed by atoms with Gasteiger partial charge in [-0.2, -0.15) is 0 Å². The summed E-state index contributed by atoms with van der Waals surface area (Å²) in [6.45, 7) is 2.10. The first-order chi connectivity index (χ1) is 7.58. The van der Waals surface area contributed by atoms with Gasteiger partial charge in [0.05, 0.1) is 6.10 Å². The molecule has 5 heteroatoms. The van der Waals surface area contributed by atoms with Crippen LogP contribution in [0.25, 0.3) is 0 Å². The van der Waals surface area contributed by atoms with Gasteiger partial charge in [-0.1, -0.05) is 5.16 Å². The predicted molar refractivity (Wildman–Crippen MR) is 56.9 cm³/mol. The van der Waals surface area contributed by atoms with Crippen molar-refractivity contribution in [3.8, 4) is 0 Å². The van der Waals surface area contributed by atoms with Gasteiger partial charge in [-0.3, -0.25) is 4.79 Å². The number of aliphatic hydroxyl groups is 1. The Hall–Kier alpha value is -1.36. The van der Waals surface area contributed by atoms with Crippen molar-refractivity contribution in [2.24, 2.45) is 5.92 Å². The summed E-state index contributed by atoms with van der Waals surface area (Å²) in [5.41, 5.74) is 0.294. The third kappa shape index (κ3) is 2.41. The van der Waals surface area contributed by atoms with E-state index < -0.39 is 6.10 Å². The van der Waals surface area contributed by atoms with E-state index in [-0.39, 0.29) is 5.91 Å². The van der Waals surface area contributed by atoms with Crippen LogP contribution < -0.4 is 0 Å². The summed E-state index contributed by atoms with van der Waals surface area (Å²) in [5, 5.41) is 13.4. The molecule has 1 unspecified atom stereocenters. The fourth-order valence-electron chi connectivity index (χ4n) is 1.66. The number of carbonyl (C=O) groups excluding carboxylic acids is 1. The minimum absolute atomic E-state index is 0.212. The molecule has 1 heterocycles. The average Bonchev–Trinajstić information content (AvgIpc) is 3.00. The smallest absolute Gasteiger partial charge is 0.275 e. The number of aryl methyl sites for hydroxylation is 1. The van der Waals surface area contributed by atoms with Crippen molar-refractivity contribution in [2.75, 3.05) is 13.6 Å². The zero-order chi connectivity index (χ0) is 11.7. The monoisotopic (exact) mass is 224 g/mol. The zero-order valence-electron chi connectivity index (χ0n) is 9.51. The molecule has 1 atom stereocenters. The molecule has 1 aromatic rings. The van der Waals surface area contributed by atoms with Crippen LogP contribution in [0.3, 0.4) is 0 Å². The summed E-state index contributed by atoms with van der Waals surface area (Å²) < 4.78 is 4.84. The minimum Gasteiger partial charge on any atom is -0.391 e. The second-order valence-corrected chi connectivity index (χ2v) is 4.41. The van der Waals surface area contributed by atoms with Crippen LogP contribution in [0, 0.1) is 12.8 Å². The van der Waals surface area contributed by atoms with Crippen LogP contribution in [-0.2, 0) is 0 Å². The number of amides is 1. The molecule has 1 N–H and O–H groups in total. The summed E-state index contributed by atoms with van der Waals surface area (Å²) in [4.78, 5) is 13.3. The van der Waals surface area contributed by atoms with Crippen LogP contribution in [-0.4, -0.2) is 40.8 Å². The van der Waals surface area contributed by atoms with E-state index in [1.165, 1.54) is 4.90 Å². The number of aromatic nitrogens is 1. The molecular formula is C11H16N2O3. The lowest BCUT2D eigenvalue weighted by atomic mass is 10.2. The van der Waals surface area contributed by atoms with Crippen molar-refractivity contribution in [3.63, 3.8) is 0 Å². The van der Waals surface area contributed by atoms with Gasteiger partial charge in [0.1, 0.15) is 5.76 Å². The van der Waals surface area contributed by atoms with Gasteiger partial charge < -0.3 is 14.5 Å². The highest BCUT2D eigenvalue weighted by atomic mass is 16.5. The number of nitrogens with zero attached hydrogens (tertiary/aromatic N) is 2. The molecule has 0 bridgehead atoms. The fourth-order valence-corrected chi connectivity index (χ4v) is 1.66. The van der Waals surface area contributed by atoms with Crippen molar-refractivity contribution in [3.05, 3.63) is 17.5 Å². The zero-order valence-corrected chi connectivity index (χ0v) is 9.51. The predicted octanol–water partition coefficient (Wildman–Crippen LogP) is 0.826. The summed E-state index contributed by atoms with van der Waals surface area (Å²) in [5.74, 6) is 0.769. The number of aliphatic hydroxyl groups excluding tert-OH is 1. The Bertz CT molecular complexity index is 384.